The Morgan fingerprint density at radius 2 is 1.64 bits per heavy atom. The molecule has 0 nitrogen and oxygen atoms in total. The van der Waals surface area contributed by atoms with Gasteiger partial charge in [-0.05, 0) is 36.8 Å². The van der Waals surface area contributed by atoms with Gasteiger partial charge in [-0.3, -0.25) is 0 Å². The van der Waals surface area contributed by atoms with Gasteiger partial charge in [0.05, 0.1) is 0 Å². The molecular formula is C14H20. The Bertz CT molecular complexity index is 269. The molecule has 1 aliphatic carbocycles. The second-order valence-corrected chi connectivity index (χ2v) is 3.34. The Morgan fingerprint density at radius 1 is 0.929 bits per heavy atom. The normalized spacial score (nSPS) is 15.1. The molecule has 0 aromatic heterocycles. The molecule has 0 saturated heterocycles. The van der Waals surface area contributed by atoms with Gasteiger partial charge in [-0.2, -0.15) is 0 Å². The lowest BCUT2D eigenvalue weighted by atomic mass is 9.94. The van der Waals surface area contributed by atoms with Crippen LogP contribution in [0.5, 0.6) is 0 Å². The molecule has 0 atom stereocenters. The second kappa shape index (κ2) is 6.42. The zero-order chi connectivity index (χ0) is 10.2. The summed E-state index contributed by atoms with van der Waals surface area (Å²) >= 11 is 0. The summed E-state index contributed by atoms with van der Waals surface area (Å²) in [6.45, 7) is 4.00. The van der Waals surface area contributed by atoms with Crippen LogP contribution in [-0.4, -0.2) is 0 Å². The summed E-state index contributed by atoms with van der Waals surface area (Å²) in [5.41, 5.74) is 2.96. The van der Waals surface area contributed by atoms with Crippen molar-refractivity contribution in [2.24, 2.45) is 0 Å². The highest BCUT2D eigenvalue weighted by molar-refractivity contribution is 5.65. The molecule has 0 amide bonds. The molecule has 14 heavy (non-hydrogen) atoms. The lowest BCUT2D eigenvalue weighted by Crippen LogP contribution is -1.90. The van der Waals surface area contributed by atoms with Gasteiger partial charge in [0, 0.05) is 0 Å². The lowest BCUT2D eigenvalue weighted by molar-refractivity contribution is 0.742. The van der Waals surface area contributed by atoms with Crippen LogP contribution in [-0.2, 0) is 0 Å². The van der Waals surface area contributed by atoms with E-state index in [1.54, 1.807) is 5.57 Å². The fourth-order valence-corrected chi connectivity index (χ4v) is 1.75. The van der Waals surface area contributed by atoms with Crippen LogP contribution in [0.1, 0.15) is 45.1 Å². The molecule has 76 valence electrons. The van der Waals surface area contributed by atoms with Gasteiger partial charge in [-0.15, -0.1) is 0 Å². The topological polar surface area (TPSA) is 0 Å². The second-order valence-electron chi connectivity index (χ2n) is 3.34. The summed E-state index contributed by atoms with van der Waals surface area (Å²) in [5.74, 6) is 0. The molecule has 0 spiro atoms. The van der Waals surface area contributed by atoms with Gasteiger partial charge in [-0.25, -0.2) is 0 Å². The summed E-state index contributed by atoms with van der Waals surface area (Å²) in [7, 11) is 0. The summed E-state index contributed by atoms with van der Waals surface area (Å²) in [4.78, 5) is 0. The van der Waals surface area contributed by atoms with Gasteiger partial charge in [0.25, 0.3) is 0 Å². The van der Waals surface area contributed by atoms with Crippen LogP contribution in [0.3, 0.4) is 0 Å². The van der Waals surface area contributed by atoms with Crippen LogP contribution in [0, 0.1) is 0 Å². The van der Waals surface area contributed by atoms with E-state index in [4.69, 9.17) is 0 Å². The first-order chi connectivity index (χ1) is 6.97. The fraction of sp³-hybridized carbons (Fsp3) is 0.429. The lowest BCUT2D eigenvalue weighted by Gasteiger charge is -2.12. The Balaban J connectivity index is 0.000000461. The molecule has 0 bridgehead atoms. The standard InChI is InChI=1S/C12H14.C2H6/c1-3-7-11(8-4-1)12-9-5-2-6-10-12;1-2/h1,3-4,7-9H,2,5-6,10H2;1-2H3. The van der Waals surface area contributed by atoms with E-state index >= 15 is 0 Å². The van der Waals surface area contributed by atoms with E-state index in [2.05, 4.69) is 36.4 Å². The summed E-state index contributed by atoms with van der Waals surface area (Å²) in [6.07, 6.45) is 7.66. The number of rotatable bonds is 1. The maximum atomic E-state index is 2.39. The molecule has 0 aliphatic heterocycles. The van der Waals surface area contributed by atoms with Gasteiger partial charge in [0.1, 0.15) is 0 Å². The average molecular weight is 188 g/mol. The number of hydrogen-bond donors (Lipinski definition) is 0. The maximum absolute atomic E-state index is 2.39. The third-order valence-corrected chi connectivity index (χ3v) is 2.44. The van der Waals surface area contributed by atoms with Crippen molar-refractivity contribution in [2.75, 3.05) is 0 Å². The van der Waals surface area contributed by atoms with Crippen LogP contribution in [0.2, 0.25) is 0 Å². The van der Waals surface area contributed by atoms with E-state index < -0.39 is 0 Å². The van der Waals surface area contributed by atoms with Crippen LogP contribution >= 0.6 is 0 Å². The van der Waals surface area contributed by atoms with Crippen molar-refractivity contribution in [2.45, 2.75) is 39.5 Å². The predicted molar refractivity (Wildman–Crippen MR) is 64.2 cm³/mol. The van der Waals surface area contributed by atoms with Crippen molar-refractivity contribution in [1.29, 1.82) is 0 Å². The van der Waals surface area contributed by atoms with Gasteiger partial charge < -0.3 is 0 Å². The smallest absolute Gasteiger partial charge is 0.0228 e. The van der Waals surface area contributed by atoms with Crippen molar-refractivity contribution < 1.29 is 0 Å². The Kier molecular flexibility index (Phi) is 5.06. The minimum atomic E-state index is 1.27. The fourth-order valence-electron chi connectivity index (χ4n) is 1.75. The van der Waals surface area contributed by atoms with Gasteiger partial charge in [0.2, 0.25) is 0 Å². The minimum Gasteiger partial charge on any atom is -0.0807 e. The van der Waals surface area contributed by atoms with E-state index in [1.807, 2.05) is 13.8 Å². The van der Waals surface area contributed by atoms with E-state index in [-0.39, 0.29) is 0 Å². The van der Waals surface area contributed by atoms with Crippen LogP contribution in [0.25, 0.3) is 5.57 Å². The van der Waals surface area contributed by atoms with Gasteiger partial charge in [-0.1, -0.05) is 50.3 Å². The molecule has 0 saturated carbocycles. The van der Waals surface area contributed by atoms with Crippen molar-refractivity contribution in [3.05, 3.63) is 42.0 Å². The molecule has 1 aromatic rings. The quantitative estimate of drug-likeness (QED) is 0.600. The van der Waals surface area contributed by atoms with Crippen molar-refractivity contribution in [3.63, 3.8) is 0 Å². The molecule has 1 aliphatic rings. The Labute approximate surface area is 87.7 Å². The first-order valence-corrected chi connectivity index (χ1v) is 5.71. The maximum Gasteiger partial charge on any atom is -0.0228 e. The molecule has 0 fully saturated rings. The van der Waals surface area contributed by atoms with Crippen LogP contribution < -0.4 is 0 Å². The molecule has 2 rings (SSSR count). The number of hydrogen-bond acceptors (Lipinski definition) is 0. The molecular weight excluding hydrogens is 168 g/mol. The third kappa shape index (κ3) is 3.02. The largest absolute Gasteiger partial charge is 0.0807 e. The van der Waals surface area contributed by atoms with Crippen LogP contribution in [0.15, 0.2) is 36.4 Å². The molecule has 0 N–H and O–H groups in total. The summed E-state index contributed by atoms with van der Waals surface area (Å²) < 4.78 is 0. The zero-order valence-electron chi connectivity index (χ0n) is 9.29. The van der Waals surface area contributed by atoms with Crippen molar-refractivity contribution in [3.8, 4) is 0 Å². The summed E-state index contributed by atoms with van der Waals surface area (Å²) in [6, 6.07) is 10.7. The van der Waals surface area contributed by atoms with Gasteiger partial charge in [0.15, 0.2) is 0 Å². The highest BCUT2D eigenvalue weighted by atomic mass is 14.1. The molecule has 1 aromatic carbocycles. The summed E-state index contributed by atoms with van der Waals surface area (Å²) in [5, 5.41) is 0. The highest BCUT2D eigenvalue weighted by Gasteiger charge is 2.04. The van der Waals surface area contributed by atoms with Crippen molar-refractivity contribution >= 4 is 5.57 Å². The monoisotopic (exact) mass is 188 g/mol. The molecule has 0 radical (unpaired) electrons. The Hall–Kier alpha value is -1.04. The molecule has 0 heteroatoms. The van der Waals surface area contributed by atoms with E-state index in [0.29, 0.717) is 0 Å². The van der Waals surface area contributed by atoms with E-state index in [1.165, 1.54) is 31.2 Å². The number of benzene rings is 1. The third-order valence-electron chi connectivity index (χ3n) is 2.44. The average Bonchev–Trinajstić information content (AvgIpc) is 2.34. The van der Waals surface area contributed by atoms with E-state index in [9.17, 15) is 0 Å². The predicted octanol–water partition coefficient (Wildman–Crippen LogP) is 4.67. The zero-order valence-corrected chi connectivity index (χ0v) is 9.29. The number of allylic oxidation sites excluding steroid dienone is 2. The van der Waals surface area contributed by atoms with Gasteiger partial charge >= 0.3 is 0 Å². The Morgan fingerprint density at radius 3 is 2.21 bits per heavy atom. The first-order valence-electron chi connectivity index (χ1n) is 5.71. The van der Waals surface area contributed by atoms with Crippen LogP contribution in [0.4, 0.5) is 0 Å². The molecule has 0 heterocycles. The highest BCUT2D eigenvalue weighted by Crippen LogP contribution is 2.25. The van der Waals surface area contributed by atoms with E-state index in [0.717, 1.165) is 0 Å². The first kappa shape index (κ1) is 11.0. The minimum absolute atomic E-state index is 1.27. The molecule has 0 unspecified atom stereocenters. The SMILES string of the molecule is C1=C(c2ccccc2)CCCC1.CC. The van der Waals surface area contributed by atoms with Crippen molar-refractivity contribution in [1.82, 2.24) is 0 Å².